The molecule has 1 aliphatic rings. The van der Waals surface area contributed by atoms with Crippen molar-refractivity contribution in [2.75, 3.05) is 5.32 Å². The molecular formula is C10H13BrClN3. The molecule has 0 aliphatic heterocycles. The van der Waals surface area contributed by atoms with Crippen LogP contribution in [0.2, 0.25) is 5.15 Å². The molecule has 1 aliphatic carbocycles. The monoisotopic (exact) mass is 289 g/mol. The molecule has 0 saturated heterocycles. The zero-order valence-corrected chi connectivity index (χ0v) is 10.7. The Morgan fingerprint density at radius 1 is 1.27 bits per heavy atom. The SMILES string of the molecule is Clc1ncnc(NC2CCCCC2)c1Br. The molecule has 2 rings (SSSR count). The lowest BCUT2D eigenvalue weighted by atomic mass is 9.95. The molecule has 1 N–H and O–H groups in total. The second-order valence-electron chi connectivity index (χ2n) is 3.81. The largest absolute Gasteiger partial charge is 0.366 e. The van der Waals surface area contributed by atoms with Crippen molar-refractivity contribution in [3.8, 4) is 0 Å². The van der Waals surface area contributed by atoms with E-state index in [9.17, 15) is 0 Å². The minimum Gasteiger partial charge on any atom is -0.366 e. The Hall–Kier alpha value is -0.350. The minimum atomic E-state index is 0.461. The molecule has 0 aromatic carbocycles. The standard InChI is InChI=1S/C10H13BrClN3/c11-8-9(12)13-6-14-10(8)15-7-4-2-1-3-5-7/h6-7H,1-5H2,(H,13,14,15). The number of hydrogen-bond donors (Lipinski definition) is 1. The van der Waals surface area contributed by atoms with Gasteiger partial charge in [-0.3, -0.25) is 0 Å². The number of anilines is 1. The number of aromatic nitrogens is 2. The molecule has 1 saturated carbocycles. The fraction of sp³-hybridized carbons (Fsp3) is 0.600. The van der Waals surface area contributed by atoms with Crippen molar-refractivity contribution < 1.29 is 0 Å². The first-order valence-corrected chi connectivity index (χ1v) is 6.37. The Bertz CT molecular complexity index is 339. The lowest BCUT2D eigenvalue weighted by molar-refractivity contribution is 0.461. The smallest absolute Gasteiger partial charge is 0.148 e. The molecule has 0 amide bonds. The highest BCUT2D eigenvalue weighted by Crippen LogP contribution is 2.28. The van der Waals surface area contributed by atoms with Gasteiger partial charge in [0.25, 0.3) is 0 Å². The van der Waals surface area contributed by atoms with Crippen molar-refractivity contribution in [2.45, 2.75) is 38.1 Å². The third kappa shape index (κ3) is 2.82. The molecule has 0 spiro atoms. The predicted molar refractivity (Wildman–Crippen MR) is 65.2 cm³/mol. The number of nitrogens with zero attached hydrogens (tertiary/aromatic N) is 2. The second-order valence-corrected chi connectivity index (χ2v) is 4.96. The van der Waals surface area contributed by atoms with Crippen LogP contribution in [0.4, 0.5) is 5.82 Å². The quantitative estimate of drug-likeness (QED) is 0.845. The van der Waals surface area contributed by atoms with Crippen LogP contribution in [0.1, 0.15) is 32.1 Å². The van der Waals surface area contributed by atoms with Gasteiger partial charge < -0.3 is 5.32 Å². The summed E-state index contributed by atoms with van der Waals surface area (Å²) in [4.78, 5) is 8.08. The molecule has 0 bridgehead atoms. The normalized spacial score (nSPS) is 17.7. The van der Waals surface area contributed by atoms with E-state index in [2.05, 4.69) is 31.2 Å². The fourth-order valence-electron chi connectivity index (χ4n) is 1.89. The first-order valence-electron chi connectivity index (χ1n) is 5.20. The van der Waals surface area contributed by atoms with Crippen molar-refractivity contribution in [3.63, 3.8) is 0 Å². The van der Waals surface area contributed by atoms with Crippen LogP contribution in [-0.2, 0) is 0 Å². The van der Waals surface area contributed by atoms with Crippen molar-refractivity contribution in [2.24, 2.45) is 0 Å². The topological polar surface area (TPSA) is 37.8 Å². The van der Waals surface area contributed by atoms with Crippen molar-refractivity contribution in [1.29, 1.82) is 0 Å². The number of hydrogen-bond acceptors (Lipinski definition) is 3. The van der Waals surface area contributed by atoms with E-state index in [1.807, 2.05) is 0 Å². The van der Waals surface area contributed by atoms with Crippen LogP contribution >= 0.6 is 27.5 Å². The maximum Gasteiger partial charge on any atom is 0.148 e. The van der Waals surface area contributed by atoms with E-state index in [-0.39, 0.29) is 0 Å². The Morgan fingerprint density at radius 3 is 2.73 bits per heavy atom. The maximum atomic E-state index is 5.89. The van der Waals surface area contributed by atoms with Gasteiger partial charge in [0.1, 0.15) is 17.3 Å². The van der Waals surface area contributed by atoms with Gasteiger partial charge in [-0.15, -0.1) is 0 Å². The fourth-order valence-corrected chi connectivity index (χ4v) is 2.34. The van der Waals surface area contributed by atoms with Crippen LogP contribution in [0.15, 0.2) is 10.8 Å². The molecule has 3 nitrogen and oxygen atoms in total. The third-order valence-electron chi connectivity index (χ3n) is 2.69. The maximum absolute atomic E-state index is 5.89. The van der Waals surface area contributed by atoms with Crippen molar-refractivity contribution >= 4 is 33.3 Å². The average molecular weight is 291 g/mol. The molecule has 1 heterocycles. The van der Waals surface area contributed by atoms with E-state index in [1.54, 1.807) is 0 Å². The first-order chi connectivity index (χ1) is 7.27. The van der Waals surface area contributed by atoms with Crippen LogP contribution in [0, 0.1) is 0 Å². The lowest BCUT2D eigenvalue weighted by Gasteiger charge is -2.23. The molecule has 1 aromatic rings. The van der Waals surface area contributed by atoms with Crippen molar-refractivity contribution in [1.82, 2.24) is 9.97 Å². The van der Waals surface area contributed by atoms with E-state index < -0.39 is 0 Å². The van der Waals surface area contributed by atoms with Crippen LogP contribution in [0.3, 0.4) is 0 Å². The molecule has 0 unspecified atom stereocenters. The van der Waals surface area contributed by atoms with Crippen LogP contribution in [-0.4, -0.2) is 16.0 Å². The molecule has 1 aromatic heterocycles. The second kappa shape index (κ2) is 5.12. The number of halogens is 2. The van der Waals surface area contributed by atoms with Gasteiger partial charge in [-0.1, -0.05) is 30.9 Å². The van der Waals surface area contributed by atoms with Gasteiger partial charge in [0, 0.05) is 6.04 Å². The van der Waals surface area contributed by atoms with Gasteiger partial charge in [-0.25, -0.2) is 9.97 Å². The van der Waals surface area contributed by atoms with Gasteiger partial charge in [-0.05, 0) is 28.8 Å². The molecular weight excluding hydrogens is 277 g/mol. The molecule has 0 atom stereocenters. The van der Waals surface area contributed by atoms with E-state index in [0.717, 1.165) is 10.3 Å². The van der Waals surface area contributed by atoms with Crippen LogP contribution in [0.5, 0.6) is 0 Å². The third-order valence-corrected chi connectivity index (χ3v) is 3.96. The molecule has 82 valence electrons. The van der Waals surface area contributed by atoms with Crippen LogP contribution < -0.4 is 5.32 Å². The van der Waals surface area contributed by atoms with Gasteiger partial charge in [0.05, 0.1) is 4.47 Å². The summed E-state index contributed by atoms with van der Waals surface area (Å²) in [5.41, 5.74) is 0. The highest BCUT2D eigenvalue weighted by molar-refractivity contribution is 9.10. The van der Waals surface area contributed by atoms with E-state index in [1.165, 1.54) is 38.4 Å². The summed E-state index contributed by atoms with van der Waals surface area (Å²) in [7, 11) is 0. The highest BCUT2D eigenvalue weighted by Gasteiger charge is 2.15. The summed E-state index contributed by atoms with van der Waals surface area (Å²) >= 11 is 9.28. The van der Waals surface area contributed by atoms with Gasteiger partial charge >= 0.3 is 0 Å². The number of rotatable bonds is 2. The van der Waals surface area contributed by atoms with Gasteiger partial charge in [0.2, 0.25) is 0 Å². The molecule has 1 fully saturated rings. The van der Waals surface area contributed by atoms with E-state index in [0.29, 0.717) is 11.2 Å². The Labute approximate surface area is 103 Å². The van der Waals surface area contributed by atoms with E-state index >= 15 is 0 Å². The summed E-state index contributed by atoms with van der Waals surface area (Å²) in [6.45, 7) is 0. The average Bonchev–Trinajstić information content (AvgIpc) is 2.26. The Kier molecular flexibility index (Phi) is 3.81. The first kappa shape index (κ1) is 11.1. The summed E-state index contributed by atoms with van der Waals surface area (Å²) in [6, 6.07) is 0.529. The molecule has 0 radical (unpaired) electrons. The van der Waals surface area contributed by atoms with E-state index in [4.69, 9.17) is 11.6 Å². The summed E-state index contributed by atoms with van der Waals surface area (Å²) < 4.78 is 0.761. The predicted octanol–water partition coefficient (Wildman–Crippen LogP) is 3.64. The van der Waals surface area contributed by atoms with Gasteiger partial charge in [0.15, 0.2) is 0 Å². The summed E-state index contributed by atoms with van der Waals surface area (Å²) in [6.07, 6.45) is 7.87. The Balaban J connectivity index is 2.06. The Morgan fingerprint density at radius 2 is 2.00 bits per heavy atom. The number of nitrogens with one attached hydrogen (secondary N) is 1. The molecule has 5 heteroatoms. The summed E-state index contributed by atoms with van der Waals surface area (Å²) in [5.74, 6) is 0.807. The van der Waals surface area contributed by atoms with Crippen molar-refractivity contribution in [3.05, 3.63) is 16.0 Å². The highest BCUT2D eigenvalue weighted by atomic mass is 79.9. The lowest BCUT2D eigenvalue weighted by Crippen LogP contribution is -2.23. The summed E-state index contributed by atoms with van der Waals surface area (Å²) in [5, 5.41) is 3.87. The zero-order valence-electron chi connectivity index (χ0n) is 8.34. The van der Waals surface area contributed by atoms with Crippen LogP contribution in [0.25, 0.3) is 0 Å². The minimum absolute atomic E-state index is 0.461. The van der Waals surface area contributed by atoms with Gasteiger partial charge in [-0.2, -0.15) is 0 Å². The zero-order chi connectivity index (χ0) is 10.7. The molecule has 15 heavy (non-hydrogen) atoms.